The van der Waals surface area contributed by atoms with E-state index in [4.69, 9.17) is 9.47 Å². The van der Waals surface area contributed by atoms with Crippen molar-refractivity contribution in [2.24, 2.45) is 0 Å². The van der Waals surface area contributed by atoms with Crippen LogP contribution >= 0.6 is 0 Å². The lowest BCUT2D eigenvalue weighted by molar-refractivity contribution is -0.302. The van der Waals surface area contributed by atoms with E-state index in [-0.39, 0.29) is 12.5 Å². The number of carbonyl (C=O) groups is 1. The van der Waals surface area contributed by atoms with Crippen molar-refractivity contribution in [2.45, 2.75) is 333 Å². The minimum Gasteiger partial charge on any atom is -0.394 e. The summed E-state index contributed by atoms with van der Waals surface area (Å²) in [6.45, 7) is 3.64. The van der Waals surface area contributed by atoms with Crippen molar-refractivity contribution in [3.8, 4) is 0 Å². The highest BCUT2D eigenvalue weighted by atomic mass is 16.7. The van der Waals surface area contributed by atoms with Crippen molar-refractivity contribution < 1.29 is 39.8 Å². The van der Waals surface area contributed by atoms with Crippen LogP contribution in [-0.4, -0.2) is 87.5 Å². The third kappa shape index (κ3) is 58.6. The lowest BCUT2D eigenvalue weighted by atomic mass is 9.99. The Balaban J connectivity index is 2.20. The van der Waals surface area contributed by atoms with Gasteiger partial charge in [0.05, 0.1) is 25.4 Å². The van der Waals surface area contributed by atoms with Crippen LogP contribution in [-0.2, 0) is 14.3 Å². The van der Waals surface area contributed by atoms with Crippen LogP contribution in [0.3, 0.4) is 0 Å². The van der Waals surface area contributed by atoms with E-state index in [2.05, 4.69) is 189 Å². The molecule has 532 valence electrons. The number of unbranched alkanes of at least 4 members (excludes halogenated alkanes) is 26. The van der Waals surface area contributed by atoms with Crippen LogP contribution in [0.4, 0.5) is 0 Å². The fourth-order valence-corrected chi connectivity index (χ4v) is 10.8. The van der Waals surface area contributed by atoms with Gasteiger partial charge in [-0.05, 0) is 135 Å². The molecule has 0 bridgehead atoms. The highest BCUT2D eigenvalue weighted by Gasteiger charge is 2.44. The molecule has 1 aliphatic heterocycles. The summed E-state index contributed by atoms with van der Waals surface area (Å²) in [5.41, 5.74) is 0. The molecule has 94 heavy (non-hydrogen) atoms. The maximum Gasteiger partial charge on any atom is 0.220 e. The molecule has 1 rings (SSSR count). The van der Waals surface area contributed by atoms with Crippen LogP contribution in [0.25, 0.3) is 0 Å². The smallest absolute Gasteiger partial charge is 0.220 e. The molecule has 1 saturated heterocycles. The average molecular weight is 1300 g/mol. The summed E-state index contributed by atoms with van der Waals surface area (Å²) in [6.07, 6.45) is 107. The predicted octanol–water partition coefficient (Wildman–Crippen LogP) is 21.8. The van der Waals surface area contributed by atoms with Gasteiger partial charge in [-0.15, -0.1) is 0 Å². The summed E-state index contributed by atoms with van der Waals surface area (Å²) in [5, 5.41) is 54.8. The molecule has 0 aromatic rings. The Morgan fingerprint density at radius 2 is 0.670 bits per heavy atom. The lowest BCUT2D eigenvalue weighted by Crippen LogP contribution is -2.60. The van der Waals surface area contributed by atoms with E-state index in [0.29, 0.717) is 19.3 Å². The highest BCUT2D eigenvalue weighted by molar-refractivity contribution is 5.76. The number of allylic oxidation sites excluding steroid dienone is 29. The third-order valence-electron chi connectivity index (χ3n) is 16.7. The molecule has 1 fully saturated rings. The molecular formula is C85H139NO8. The zero-order valence-corrected chi connectivity index (χ0v) is 59.6. The Bertz CT molecular complexity index is 2150. The number of amides is 1. The minimum atomic E-state index is -1.59. The number of aliphatic hydroxyl groups excluding tert-OH is 5. The van der Waals surface area contributed by atoms with Gasteiger partial charge in [0, 0.05) is 6.42 Å². The van der Waals surface area contributed by atoms with Gasteiger partial charge in [-0.25, -0.2) is 0 Å². The summed E-state index contributed by atoms with van der Waals surface area (Å²) in [7, 11) is 0. The van der Waals surface area contributed by atoms with E-state index < -0.39 is 49.5 Å². The number of carbonyl (C=O) groups excluding carboxylic acids is 1. The molecule has 0 saturated carbocycles. The zero-order valence-electron chi connectivity index (χ0n) is 59.6. The first-order valence-corrected chi connectivity index (χ1v) is 38.0. The van der Waals surface area contributed by atoms with Gasteiger partial charge in [0.15, 0.2) is 6.29 Å². The lowest BCUT2D eigenvalue weighted by Gasteiger charge is -2.40. The number of hydrogen-bond acceptors (Lipinski definition) is 8. The second kappa shape index (κ2) is 71.1. The van der Waals surface area contributed by atoms with Crippen molar-refractivity contribution in [3.05, 3.63) is 182 Å². The van der Waals surface area contributed by atoms with Crippen molar-refractivity contribution in [3.63, 3.8) is 0 Å². The van der Waals surface area contributed by atoms with Gasteiger partial charge in [0.25, 0.3) is 0 Å². The van der Waals surface area contributed by atoms with Crippen molar-refractivity contribution in [2.75, 3.05) is 13.2 Å². The third-order valence-corrected chi connectivity index (χ3v) is 16.7. The van der Waals surface area contributed by atoms with Crippen LogP contribution in [0.15, 0.2) is 182 Å². The number of aliphatic hydroxyl groups is 5. The van der Waals surface area contributed by atoms with Crippen LogP contribution in [0.2, 0.25) is 0 Å². The molecule has 0 aromatic carbocycles. The van der Waals surface area contributed by atoms with E-state index in [9.17, 15) is 30.3 Å². The van der Waals surface area contributed by atoms with Crippen LogP contribution in [0.1, 0.15) is 290 Å². The van der Waals surface area contributed by atoms with E-state index >= 15 is 0 Å². The quantitative estimate of drug-likeness (QED) is 0.0261. The van der Waals surface area contributed by atoms with E-state index in [1.165, 1.54) is 128 Å². The molecule has 7 unspecified atom stereocenters. The van der Waals surface area contributed by atoms with Crippen LogP contribution < -0.4 is 5.32 Å². The molecule has 1 amide bonds. The molecule has 9 heteroatoms. The maximum absolute atomic E-state index is 13.1. The number of rotatable bonds is 64. The number of nitrogens with one attached hydrogen (secondary N) is 1. The average Bonchev–Trinajstić information content (AvgIpc) is 0.831. The molecule has 6 N–H and O–H groups in total. The van der Waals surface area contributed by atoms with Crippen LogP contribution in [0, 0.1) is 0 Å². The topological polar surface area (TPSA) is 149 Å². The monoisotopic (exact) mass is 1300 g/mol. The van der Waals surface area contributed by atoms with E-state index in [0.717, 1.165) is 128 Å². The summed E-state index contributed by atoms with van der Waals surface area (Å²) in [6, 6.07) is -0.858. The molecule has 1 aliphatic rings. The van der Waals surface area contributed by atoms with Gasteiger partial charge in [-0.1, -0.05) is 331 Å². The van der Waals surface area contributed by atoms with Gasteiger partial charge < -0.3 is 40.3 Å². The summed E-state index contributed by atoms with van der Waals surface area (Å²) in [5.74, 6) is -0.221. The summed E-state index contributed by atoms with van der Waals surface area (Å²) >= 11 is 0. The highest BCUT2D eigenvalue weighted by Crippen LogP contribution is 2.23. The molecule has 0 spiro atoms. The largest absolute Gasteiger partial charge is 0.394 e. The van der Waals surface area contributed by atoms with Crippen LogP contribution in [0.5, 0.6) is 0 Å². The van der Waals surface area contributed by atoms with Gasteiger partial charge in [-0.2, -0.15) is 0 Å². The molecule has 0 aromatic heterocycles. The van der Waals surface area contributed by atoms with Crippen molar-refractivity contribution >= 4 is 5.91 Å². The number of ether oxygens (including phenoxy) is 2. The zero-order chi connectivity index (χ0) is 67.8. The Hall–Kier alpha value is -4.71. The molecule has 1 heterocycles. The molecular weight excluding hydrogens is 1160 g/mol. The first-order valence-electron chi connectivity index (χ1n) is 38.0. The summed E-state index contributed by atoms with van der Waals surface area (Å²) in [4.78, 5) is 13.1. The van der Waals surface area contributed by atoms with Crippen molar-refractivity contribution in [1.29, 1.82) is 0 Å². The molecule has 7 atom stereocenters. The summed E-state index contributed by atoms with van der Waals surface area (Å²) < 4.78 is 11.3. The minimum absolute atomic E-state index is 0.221. The standard InChI is InChI=1S/C85H139NO8/c1-3-5-7-9-11-13-15-17-19-21-23-25-27-29-31-33-35-36-37-38-39-40-41-42-43-44-45-47-49-51-53-55-57-59-61-63-65-67-69-71-73-75-81(89)86-78(77-93-85-84(92)83(91)82(90)80(76-87)94-85)79(88)74-72-70-68-66-64-62-60-58-56-54-52-50-48-46-34-32-30-28-26-24-22-20-18-16-14-12-10-8-6-4-2/h5,7,11,13,17,19,23,25,29,31,35-36,38-39,41-42,44-45,49,51,55-58,61,63-64,66,72,74,78-80,82-85,87-88,90-92H,3-4,6,8-10,12,14-16,18,20-22,24,26-28,30,32-34,37,40,43,46-48,50,52-54,59-60,62,65,67-71,73,75-77H2,1-2H3,(H,86,89)/b7-5-,13-11-,19-17-,25-23-,31-29-,36-35-,39-38-,42-41-,45-44-,51-49-,57-55-,58-56+,63-61-,66-64+,74-72+. The fourth-order valence-electron chi connectivity index (χ4n) is 10.8. The normalized spacial score (nSPS) is 18.6. The number of hydrogen-bond donors (Lipinski definition) is 6. The van der Waals surface area contributed by atoms with Gasteiger partial charge in [0.2, 0.25) is 5.91 Å². The van der Waals surface area contributed by atoms with Crippen molar-refractivity contribution in [1.82, 2.24) is 5.32 Å². The predicted molar refractivity (Wildman–Crippen MR) is 405 cm³/mol. The Labute approximate surface area is 576 Å². The second-order valence-electron chi connectivity index (χ2n) is 25.3. The van der Waals surface area contributed by atoms with Gasteiger partial charge >= 0.3 is 0 Å². The fraction of sp³-hybridized carbons (Fsp3) is 0.635. The van der Waals surface area contributed by atoms with Gasteiger partial charge in [-0.3, -0.25) is 4.79 Å². The molecule has 0 aliphatic carbocycles. The molecule has 0 radical (unpaired) electrons. The first-order chi connectivity index (χ1) is 46.3. The van der Waals surface area contributed by atoms with E-state index in [1.807, 2.05) is 6.08 Å². The maximum atomic E-state index is 13.1. The Morgan fingerprint density at radius 1 is 0.372 bits per heavy atom. The van der Waals surface area contributed by atoms with Gasteiger partial charge in [0.1, 0.15) is 24.4 Å². The molecule has 9 nitrogen and oxygen atoms in total. The Kier molecular flexibility index (Phi) is 66.0. The SMILES string of the molecule is CC/C=C\C/C=C\C/C=C\C/C=C\C/C=C\C/C=C\C/C=C\C/C=C\C/C=C\C/C=C\C/C=C\C/C=C\CCCCCCC(=O)NC(COC1OC(CO)C(O)C(O)C1O)C(O)/C=C/CC/C=C/CC/C=C/CCCCCCCCCCCCCCCCCCCCCC. The van der Waals surface area contributed by atoms with E-state index in [1.54, 1.807) is 6.08 Å². The first kappa shape index (κ1) is 87.3. The second-order valence-corrected chi connectivity index (χ2v) is 25.3. The Morgan fingerprint density at radius 3 is 1.02 bits per heavy atom.